The average molecular weight is 250 g/mol. The fraction of sp³-hybridized carbons (Fsp3) is 0.200. The minimum Gasteiger partial charge on any atom is -0.497 e. The molecule has 0 saturated carbocycles. The Balaban J connectivity index is 2.45. The molecule has 0 unspecified atom stereocenters. The molecule has 0 bridgehead atoms. The standard InChI is InChI=1S/C10H10N4O4/c1-17-6-3-4-7(8(5-6)18-2)14-12-9(10(15)16)11-13-14/h3-5H,1-2H3,(H,15,16). The zero-order valence-electron chi connectivity index (χ0n) is 9.69. The quantitative estimate of drug-likeness (QED) is 0.837. The van der Waals surface area contributed by atoms with Crippen LogP contribution in [0.25, 0.3) is 5.69 Å². The van der Waals surface area contributed by atoms with Crippen molar-refractivity contribution in [3.8, 4) is 17.2 Å². The highest BCUT2D eigenvalue weighted by Gasteiger charge is 2.14. The predicted octanol–water partition coefficient (Wildman–Crippen LogP) is 0.378. The van der Waals surface area contributed by atoms with E-state index in [1.807, 2.05) is 0 Å². The Morgan fingerprint density at radius 2 is 2.11 bits per heavy atom. The maximum absolute atomic E-state index is 10.7. The van der Waals surface area contributed by atoms with E-state index in [0.29, 0.717) is 17.2 Å². The van der Waals surface area contributed by atoms with Crippen LogP contribution in [0.1, 0.15) is 10.6 Å². The van der Waals surface area contributed by atoms with Crippen LogP contribution in [-0.2, 0) is 0 Å². The number of aromatic nitrogens is 4. The molecule has 0 fully saturated rings. The molecule has 1 N–H and O–H groups in total. The first-order chi connectivity index (χ1) is 8.65. The number of tetrazole rings is 1. The summed E-state index contributed by atoms with van der Waals surface area (Å²) >= 11 is 0. The number of benzene rings is 1. The maximum atomic E-state index is 10.7. The third kappa shape index (κ3) is 2.08. The monoisotopic (exact) mass is 250 g/mol. The minimum atomic E-state index is -1.24. The molecule has 0 radical (unpaired) electrons. The summed E-state index contributed by atoms with van der Waals surface area (Å²) in [7, 11) is 3.01. The summed E-state index contributed by atoms with van der Waals surface area (Å²) in [5, 5.41) is 19.5. The van der Waals surface area contributed by atoms with Gasteiger partial charge in [0.15, 0.2) is 0 Å². The van der Waals surface area contributed by atoms with Gasteiger partial charge in [-0.25, -0.2) is 4.79 Å². The molecule has 0 aliphatic heterocycles. The Bertz CT molecular complexity index is 581. The van der Waals surface area contributed by atoms with E-state index in [1.54, 1.807) is 18.2 Å². The fourth-order valence-electron chi connectivity index (χ4n) is 1.35. The van der Waals surface area contributed by atoms with Crippen molar-refractivity contribution in [2.45, 2.75) is 0 Å². The van der Waals surface area contributed by atoms with Crippen molar-refractivity contribution in [1.82, 2.24) is 20.2 Å². The van der Waals surface area contributed by atoms with E-state index < -0.39 is 5.97 Å². The van der Waals surface area contributed by atoms with Crippen molar-refractivity contribution in [2.75, 3.05) is 14.2 Å². The molecule has 0 saturated heterocycles. The number of nitrogens with zero attached hydrogens (tertiary/aromatic N) is 4. The van der Waals surface area contributed by atoms with Gasteiger partial charge in [0, 0.05) is 6.07 Å². The Kier molecular flexibility index (Phi) is 3.09. The van der Waals surface area contributed by atoms with Gasteiger partial charge in [-0.3, -0.25) is 0 Å². The van der Waals surface area contributed by atoms with Crippen LogP contribution in [0.3, 0.4) is 0 Å². The van der Waals surface area contributed by atoms with Gasteiger partial charge in [-0.05, 0) is 17.3 Å². The molecule has 18 heavy (non-hydrogen) atoms. The van der Waals surface area contributed by atoms with E-state index in [0.717, 1.165) is 4.80 Å². The second kappa shape index (κ2) is 4.70. The normalized spacial score (nSPS) is 10.1. The lowest BCUT2D eigenvalue weighted by Gasteiger charge is -2.08. The van der Waals surface area contributed by atoms with Gasteiger partial charge in [0.05, 0.1) is 14.2 Å². The number of hydrogen-bond acceptors (Lipinski definition) is 6. The molecule has 0 atom stereocenters. The molecule has 1 aromatic carbocycles. The van der Waals surface area contributed by atoms with Crippen molar-refractivity contribution in [3.05, 3.63) is 24.0 Å². The van der Waals surface area contributed by atoms with E-state index in [-0.39, 0.29) is 5.82 Å². The second-order valence-electron chi connectivity index (χ2n) is 3.25. The first kappa shape index (κ1) is 11.8. The van der Waals surface area contributed by atoms with Crippen LogP contribution >= 0.6 is 0 Å². The Hall–Kier alpha value is -2.64. The van der Waals surface area contributed by atoms with Crippen LogP contribution < -0.4 is 9.47 Å². The summed E-state index contributed by atoms with van der Waals surface area (Å²) in [5.41, 5.74) is 0.471. The predicted molar refractivity (Wildman–Crippen MR) is 59.2 cm³/mol. The lowest BCUT2D eigenvalue weighted by Crippen LogP contribution is -2.04. The summed E-state index contributed by atoms with van der Waals surface area (Å²) in [5.74, 6) is -0.570. The van der Waals surface area contributed by atoms with Crippen LogP contribution in [0.15, 0.2) is 18.2 Å². The number of carboxylic acids is 1. The van der Waals surface area contributed by atoms with Crippen LogP contribution in [0.5, 0.6) is 11.5 Å². The first-order valence-electron chi connectivity index (χ1n) is 4.91. The molecular weight excluding hydrogens is 240 g/mol. The highest BCUT2D eigenvalue weighted by molar-refractivity contribution is 5.82. The zero-order valence-corrected chi connectivity index (χ0v) is 9.69. The third-order valence-corrected chi connectivity index (χ3v) is 2.21. The number of carbonyl (C=O) groups is 1. The van der Waals surface area contributed by atoms with E-state index >= 15 is 0 Å². The SMILES string of the molecule is COc1ccc(-n2nnc(C(=O)O)n2)c(OC)c1. The van der Waals surface area contributed by atoms with Crippen molar-refractivity contribution in [1.29, 1.82) is 0 Å². The molecule has 8 nitrogen and oxygen atoms in total. The second-order valence-corrected chi connectivity index (χ2v) is 3.25. The molecule has 0 amide bonds. The van der Waals surface area contributed by atoms with E-state index in [1.165, 1.54) is 14.2 Å². The van der Waals surface area contributed by atoms with Gasteiger partial charge in [0.2, 0.25) is 0 Å². The van der Waals surface area contributed by atoms with Crippen molar-refractivity contribution in [3.63, 3.8) is 0 Å². The van der Waals surface area contributed by atoms with Crippen LogP contribution in [0.2, 0.25) is 0 Å². The Morgan fingerprint density at radius 3 is 2.67 bits per heavy atom. The number of methoxy groups -OCH3 is 2. The van der Waals surface area contributed by atoms with Gasteiger partial charge in [0.1, 0.15) is 17.2 Å². The van der Waals surface area contributed by atoms with E-state index in [2.05, 4.69) is 15.4 Å². The van der Waals surface area contributed by atoms with Crippen LogP contribution in [0, 0.1) is 0 Å². The summed E-state index contributed by atoms with van der Waals surface area (Å²) in [4.78, 5) is 11.8. The smallest absolute Gasteiger partial charge is 0.377 e. The number of carboxylic acid groups (broad SMARTS) is 1. The molecular formula is C10H10N4O4. The summed E-state index contributed by atoms with van der Waals surface area (Å²) in [6.45, 7) is 0. The summed E-state index contributed by atoms with van der Waals surface area (Å²) in [6.07, 6.45) is 0. The van der Waals surface area contributed by atoms with Crippen LogP contribution in [0.4, 0.5) is 0 Å². The van der Waals surface area contributed by atoms with Gasteiger partial charge >= 0.3 is 5.97 Å². The molecule has 2 rings (SSSR count). The number of rotatable bonds is 4. The van der Waals surface area contributed by atoms with Crippen molar-refractivity contribution >= 4 is 5.97 Å². The number of hydrogen-bond donors (Lipinski definition) is 1. The largest absolute Gasteiger partial charge is 0.497 e. The maximum Gasteiger partial charge on any atom is 0.377 e. The van der Waals surface area contributed by atoms with Gasteiger partial charge in [-0.1, -0.05) is 0 Å². The topological polar surface area (TPSA) is 99.4 Å². The zero-order chi connectivity index (χ0) is 13.1. The van der Waals surface area contributed by atoms with Gasteiger partial charge in [-0.15, -0.1) is 15.0 Å². The molecule has 1 aromatic heterocycles. The van der Waals surface area contributed by atoms with Gasteiger partial charge in [0.25, 0.3) is 5.82 Å². The van der Waals surface area contributed by atoms with Gasteiger partial charge < -0.3 is 14.6 Å². The highest BCUT2D eigenvalue weighted by Crippen LogP contribution is 2.26. The molecule has 0 aliphatic carbocycles. The molecule has 1 heterocycles. The lowest BCUT2D eigenvalue weighted by atomic mass is 10.3. The lowest BCUT2D eigenvalue weighted by molar-refractivity contribution is 0.0683. The molecule has 8 heteroatoms. The molecule has 2 aromatic rings. The molecule has 0 aliphatic rings. The van der Waals surface area contributed by atoms with Crippen molar-refractivity contribution in [2.24, 2.45) is 0 Å². The Morgan fingerprint density at radius 1 is 1.33 bits per heavy atom. The number of aromatic carboxylic acids is 1. The molecule has 94 valence electrons. The first-order valence-corrected chi connectivity index (χ1v) is 4.91. The average Bonchev–Trinajstić information content (AvgIpc) is 2.87. The Labute approximate surface area is 102 Å². The third-order valence-electron chi connectivity index (χ3n) is 2.21. The highest BCUT2D eigenvalue weighted by atomic mass is 16.5. The van der Waals surface area contributed by atoms with Crippen LogP contribution in [-0.4, -0.2) is 45.5 Å². The van der Waals surface area contributed by atoms with E-state index in [9.17, 15) is 4.79 Å². The summed E-state index contributed by atoms with van der Waals surface area (Å²) < 4.78 is 10.2. The summed E-state index contributed by atoms with van der Waals surface area (Å²) in [6, 6.07) is 4.96. The minimum absolute atomic E-state index is 0.382. The van der Waals surface area contributed by atoms with Crippen molar-refractivity contribution < 1.29 is 19.4 Å². The number of ether oxygens (including phenoxy) is 2. The molecule has 0 spiro atoms. The van der Waals surface area contributed by atoms with E-state index in [4.69, 9.17) is 14.6 Å². The fourth-order valence-corrected chi connectivity index (χ4v) is 1.35. The van der Waals surface area contributed by atoms with Gasteiger partial charge in [-0.2, -0.15) is 0 Å².